The summed E-state index contributed by atoms with van der Waals surface area (Å²) in [6.07, 6.45) is 4.36. The van der Waals surface area contributed by atoms with E-state index in [2.05, 4.69) is 4.98 Å². The number of rotatable bonds is 5. The van der Waals surface area contributed by atoms with Crippen LogP contribution in [0.4, 0.5) is 11.5 Å². The second-order valence-electron chi connectivity index (χ2n) is 6.81. The van der Waals surface area contributed by atoms with Crippen LogP contribution in [0.5, 0.6) is 0 Å². The number of nitrogens with two attached hydrogens (primary N) is 1. The van der Waals surface area contributed by atoms with Crippen molar-refractivity contribution >= 4 is 29.0 Å². The summed E-state index contributed by atoms with van der Waals surface area (Å²) in [5.74, 6) is -0.234. The van der Waals surface area contributed by atoms with Gasteiger partial charge in [0, 0.05) is 18.1 Å². The van der Waals surface area contributed by atoms with Crippen molar-refractivity contribution in [3.8, 4) is 0 Å². The topological polar surface area (TPSA) is 102 Å². The van der Waals surface area contributed by atoms with E-state index in [9.17, 15) is 14.9 Å². The molecule has 8 heteroatoms. The second-order valence-corrected chi connectivity index (χ2v) is 7.25. The third-order valence-corrected chi connectivity index (χ3v) is 5.37. The molecule has 1 saturated carbocycles. The molecule has 0 unspecified atom stereocenters. The van der Waals surface area contributed by atoms with Crippen molar-refractivity contribution < 1.29 is 9.72 Å². The van der Waals surface area contributed by atoms with Crippen LogP contribution in [0, 0.1) is 16.0 Å². The highest BCUT2D eigenvalue weighted by atomic mass is 35.5. The fourth-order valence-electron chi connectivity index (χ4n) is 3.79. The van der Waals surface area contributed by atoms with Crippen LogP contribution in [0.1, 0.15) is 47.8 Å². The Morgan fingerprint density at radius 1 is 1.26 bits per heavy atom. The van der Waals surface area contributed by atoms with Crippen LogP contribution in [0.3, 0.4) is 0 Å². The van der Waals surface area contributed by atoms with Crippen molar-refractivity contribution in [2.75, 3.05) is 12.8 Å². The largest absolute Gasteiger partial charge is 0.378 e. The lowest BCUT2D eigenvalue weighted by atomic mass is 9.90. The quantitative estimate of drug-likeness (QED) is 0.609. The highest BCUT2D eigenvalue weighted by Gasteiger charge is 2.33. The maximum Gasteiger partial charge on any atom is 0.311 e. The highest BCUT2D eigenvalue weighted by Crippen LogP contribution is 2.39. The Morgan fingerprint density at radius 2 is 1.89 bits per heavy atom. The summed E-state index contributed by atoms with van der Waals surface area (Å²) in [7, 11) is 1.74. The molecule has 0 radical (unpaired) electrons. The summed E-state index contributed by atoms with van der Waals surface area (Å²) in [6.45, 7) is 0. The first-order valence-electron chi connectivity index (χ1n) is 8.82. The molecule has 1 fully saturated rings. The van der Waals surface area contributed by atoms with Crippen LogP contribution in [0.2, 0.25) is 5.02 Å². The maximum absolute atomic E-state index is 13.0. The van der Waals surface area contributed by atoms with Gasteiger partial charge >= 0.3 is 5.69 Å². The van der Waals surface area contributed by atoms with Gasteiger partial charge in [-0.2, -0.15) is 0 Å². The number of amides is 1. The van der Waals surface area contributed by atoms with Crippen molar-refractivity contribution in [3.05, 3.63) is 62.8 Å². The van der Waals surface area contributed by atoms with Crippen LogP contribution >= 0.6 is 11.6 Å². The minimum absolute atomic E-state index is 0.0950. The summed E-state index contributed by atoms with van der Waals surface area (Å²) in [6, 6.07) is 9.96. The maximum atomic E-state index is 13.0. The first-order chi connectivity index (χ1) is 12.9. The van der Waals surface area contributed by atoms with E-state index in [1.54, 1.807) is 11.9 Å². The SMILES string of the molecule is CN(C(=O)c1ccc([N+](=O)[O-])c(N)n1)[C@H](c1ccc(Cl)cc1)C1CCCC1. The monoisotopic (exact) mass is 388 g/mol. The number of benzene rings is 1. The van der Waals surface area contributed by atoms with Crippen molar-refractivity contribution in [2.45, 2.75) is 31.7 Å². The predicted octanol–water partition coefficient (Wildman–Crippen LogP) is 4.23. The number of aromatic nitrogens is 1. The van der Waals surface area contributed by atoms with E-state index in [-0.39, 0.29) is 29.1 Å². The average Bonchev–Trinajstić information content (AvgIpc) is 3.16. The van der Waals surface area contributed by atoms with Crippen LogP contribution in [-0.2, 0) is 0 Å². The van der Waals surface area contributed by atoms with Gasteiger partial charge in [-0.15, -0.1) is 0 Å². The van der Waals surface area contributed by atoms with Gasteiger partial charge in [-0.25, -0.2) is 4.98 Å². The fraction of sp³-hybridized carbons (Fsp3) is 0.368. The van der Waals surface area contributed by atoms with Crippen molar-refractivity contribution in [1.82, 2.24) is 9.88 Å². The Hall–Kier alpha value is -2.67. The van der Waals surface area contributed by atoms with Gasteiger partial charge in [0.15, 0.2) is 0 Å². The lowest BCUT2D eigenvalue weighted by Crippen LogP contribution is -2.35. The van der Waals surface area contributed by atoms with Gasteiger partial charge in [0.25, 0.3) is 5.91 Å². The summed E-state index contributed by atoms with van der Waals surface area (Å²) in [5, 5.41) is 11.6. The number of hydrogen-bond acceptors (Lipinski definition) is 5. The second kappa shape index (κ2) is 7.92. The van der Waals surface area contributed by atoms with Crippen LogP contribution in [-0.4, -0.2) is 27.8 Å². The molecular formula is C19H21ClN4O3. The third-order valence-electron chi connectivity index (χ3n) is 5.11. The molecule has 0 aliphatic heterocycles. The molecule has 142 valence electrons. The molecule has 1 heterocycles. The molecule has 3 rings (SSSR count). The zero-order valence-corrected chi connectivity index (χ0v) is 15.7. The smallest absolute Gasteiger partial charge is 0.311 e. The van der Waals surface area contributed by atoms with Gasteiger partial charge in [0.1, 0.15) is 5.69 Å². The molecule has 2 N–H and O–H groups in total. The first-order valence-corrected chi connectivity index (χ1v) is 9.20. The van der Waals surface area contributed by atoms with Crippen molar-refractivity contribution in [3.63, 3.8) is 0 Å². The number of pyridine rings is 1. The number of nitrogens with zero attached hydrogens (tertiary/aromatic N) is 3. The van der Waals surface area contributed by atoms with E-state index in [0.29, 0.717) is 10.9 Å². The van der Waals surface area contributed by atoms with Gasteiger partial charge in [-0.3, -0.25) is 14.9 Å². The van der Waals surface area contributed by atoms with Crippen LogP contribution in [0.15, 0.2) is 36.4 Å². The summed E-state index contributed by atoms with van der Waals surface area (Å²) in [5.41, 5.74) is 6.45. The Morgan fingerprint density at radius 3 is 2.44 bits per heavy atom. The number of carbonyl (C=O) groups is 1. The van der Waals surface area contributed by atoms with E-state index >= 15 is 0 Å². The summed E-state index contributed by atoms with van der Waals surface area (Å²) >= 11 is 6.01. The lowest BCUT2D eigenvalue weighted by Gasteiger charge is -2.33. The van der Waals surface area contributed by atoms with E-state index in [1.165, 1.54) is 12.1 Å². The standard InChI is InChI=1S/C19H21ClN4O3/c1-23(19(25)15-10-11-16(24(26)27)18(21)22-15)17(12-4-2-3-5-12)13-6-8-14(20)9-7-13/h6-12,17H,2-5H2,1H3,(H2,21,22)/t17-/m0/s1. The number of anilines is 1. The number of carbonyl (C=O) groups excluding carboxylic acids is 1. The zero-order chi connectivity index (χ0) is 19.6. The van der Waals surface area contributed by atoms with Crippen molar-refractivity contribution in [1.29, 1.82) is 0 Å². The first kappa shape index (κ1) is 19.1. The highest BCUT2D eigenvalue weighted by molar-refractivity contribution is 6.30. The molecule has 1 aliphatic rings. The predicted molar refractivity (Wildman–Crippen MR) is 104 cm³/mol. The minimum Gasteiger partial charge on any atom is -0.378 e. The average molecular weight is 389 g/mol. The van der Waals surface area contributed by atoms with E-state index in [0.717, 1.165) is 31.2 Å². The third kappa shape index (κ3) is 4.03. The number of nitro groups is 1. The molecule has 0 saturated heterocycles. The molecule has 0 spiro atoms. The van der Waals surface area contributed by atoms with E-state index in [1.807, 2.05) is 24.3 Å². The number of halogens is 1. The van der Waals surface area contributed by atoms with Crippen LogP contribution in [0.25, 0.3) is 0 Å². The molecular weight excluding hydrogens is 368 g/mol. The summed E-state index contributed by atoms with van der Waals surface area (Å²) < 4.78 is 0. The van der Waals surface area contributed by atoms with Gasteiger partial charge in [0.2, 0.25) is 5.82 Å². The molecule has 7 nitrogen and oxygen atoms in total. The zero-order valence-electron chi connectivity index (χ0n) is 15.0. The number of nitrogen functional groups attached to an aromatic ring is 1. The normalized spacial score (nSPS) is 15.5. The van der Waals surface area contributed by atoms with Gasteiger partial charge in [-0.05, 0) is 42.5 Å². The molecule has 1 atom stereocenters. The Kier molecular flexibility index (Phi) is 5.60. The van der Waals surface area contributed by atoms with Crippen molar-refractivity contribution in [2.24, 2.45) is 5.92 Å². The summed E-state index contributed by atoms with van der Waals surface area (Å²) in [4.78, 5) is 28.9. The molecule has 1 aromatic heterocycles. The Bertz CT molecular complexity index is 851. The van der Waals surface area contributed by atoms with E-state index in [4.69, 9.17) is 17.3 Å². The molecule has 1 aliphatic carbocycles. The Balaban J connectivity index is 1.92. The molecule has 0 bridgehead atoms. The lowest BCUT2D eigenvalue weighted by molar-refractivity contribution is -0.384. The number of hydrogen-bond donors (Lipinski definition) is 1. The fourth-order valence-corrected chi connectivity index (χ4v) is 3.92. The van der Waals surface area contributed by atoms with Gasteiger partial charge in [-0.1, -0.05) is 36.6 Å². The minimum atomic E-state index is -0.616. The van der Waals surface area contributed by atoms with E-state index < -0.39 is 4.92 Å². The van der Waals surface area contributed by atoms with Gasteiger partial charge in [0.05, 0.1) is 11.0 Å². The molecule has 1 amide bonds. The van der Waals surface area contributed by atoms with Gasteiger partial charge < -0.3 is 10.6 Å². The molecule has 2 aromatic rings. The molecule has 1 aromatic carbocycles. The Labute approximate surface area is 162 Å². The van der Waals surface area contributed by atoms with Crippen LogP contribution < -0.4 is 5.73 Å². The molecule has 27 heavy (non-hydrogen) atoms.